The first-order valence-electron chi connectivity index (χ1n) is 4.43. The van der Waals surface area contributed by atoms with Crippen LogP contribution in [0.4, 0.5) is 0 Å². The summed E-state index contributed by atoms with van der Waals surface area (Å²) in [5.74, 6) is 0. The molecule has 0 unspecified atom stereocenters. The molecule has 0 fully saturated rings. The molecule has 0 amide bonds. The molecule has 3 N–H and O–H groups in total. The minimum Gasteiger partial charge on any atom is -0.351 e. The van der Waals surface area contributed by atoms with Gasteiger partial charge < -0.3 is 4.98 Å². The summed E-state index contributed by atoms with van der Waals surface area (Å²) in [5.41, 5.74) is 0. The smallest absolute Gasteiger partial charge is 0.239 e. The van der Waals surface area contributed by atoms with E-state index >= 15 is 0 Å². The number of aromatic nitrogens is 4. The first-order valence-corrected chi connectivity index (χ1v) is 15.4. The number of imidazole rings is 2. The Bertz CT molecular complexity index is 311. The number of hydrogen-bond acceptors (Lipinski definition) is 2. The van der Waals surface area contributed by atoms with Crippen LogP contribution in [0.15, 0.2) is 37.4 Å². The summed E-state index contributed by atoms with van der Waals surface area (Å²) in [4.78, 5) is 12.0. The molecule has 0 aromatic carbocycles. The minimum atomic E-state index is -2.97. The molecule has 11 heteroatoms. The van der Waals surface area contributed by atoms with Crippen molar-refractivity contribution in [2.24, 2.45) is 0 Å². The van der Waals surface area contributed by atoms with E-state index in [0.29, 0.717) is 0 Å². The molecule has 2 aromatic heterocycles. The Balaban J connectivity index is 0. The van der Waals surface area contributed by atoms with Crippen LogP contribution in [0.2, 0.25) is 0 Å². The average molecular weight is 458 g/mol. The van der Waals surface area contributed by atoms with Gasteiger partial charge in [-0.25, -0.2) is 4.98 Å². The maximum atomic E-state index is 9.56. The van der Waals surface area contributed by atoms with E-state index in [1.165, 1.54) is 0 Å². The molecule has 0 atom stereocenters. The van der Waals surface area contributed by atoms with Crippen LogP contribution in [0, 0.1) is 0 Å². The van der Waals surface area contributed by atoms with E-state index in [9.17, 15) is 4.21 Å². The molecule has 0 aliphatic heterocycles. The molecule has 0 saturated carbocycles. The quantitative estimate of drug-likeness (QED) is 0.596. The SMILES string of the molecule is CS(C)=O.[Cl][Ru-]([Cl])([Cl])[Cl].c1c[nH+]c[nH]1.c1c[nH]cn1. The zero-order chi connectivity index (χ0) is 15.1. The number of aromatic amines is 3. The summed E-state index contributed by atoms with van der Waals surface area (Å²) in [5, 5.41) is 0. The molecule has 0 bridgehead atoms. The summed E-state index contributed by atoms with van der Waals surface area (Å²) >= 11 is 0. The van der Waals surface area contributed by atoms with Crippen LogP contribution in [0.1, 0.15) is 0 Å². The van der Waals surface area contributed by atoms with Gasteiger partial charge in [-0.15, -0.1) is 0 Å². The van der Waals surface area contributed by atoms with Gasteiger partial charge in [0.2, 0.25) is 6.33 Å². The summed E-state index contributed by atoms with van der Waals surface area (Å²) < 4.78 is 9.56. The van der Waals surface area contributed by atoms with Crippen molar-refractivity contribution in [3.63, 3.8) is 0 Å². The van der Waals surface area contributed by atoms with E-state index in [-0.39, 0.29) is 0 Å². The van der Waals surface area contributed by atoms with Gasteiger partial charge in [0.25, 0.3) is 0 Å². The molecule has 0 aliphatic carbocycles. The molecule has 2 rings (SSSR count). The zero-order valence-corrected chi connectivity index (χ0v) is 15.7. The normalized spacial score (nSPS) is 10.1. The van der Waals surface area contributed by atoms with E-state index in [1.54, 1.807) is 37.6 Å². The maximum Gasteiger partial charge on any atom is 0.239 e. The summed E-state index contributed by atoms with van der Waals surface area (Å²) in [6, 6.07) is 0. The summed E-state index contributed by atoms with van der Waals surface area (Å²) in [6.07, 6.45) is 13.8. The molecular weight excluding hydrogens is 443 g/mol. The van der Waals surface area contributed by atoms with Crippen LogP contribution in [0.25, 0.3) is 0 Å². The number of halogens is 4. The van der Waals surface area contributed by atoms with Gasteiger partial charge in [-0.1, -0.05) is 0 Å². The van der Waals surface area contributed by atoms with Gasteiger partial charge >= 0.3 is 49.6 Å². The van der Waals surface area contributed by atoms with Crippen LogP contribution in [0.5, 0.6) is 0 Å². The Morgan fingerprint density at radius 3 is 1.79 bits per heavy atom. The third-order valence-electron chi connectivity index (χ3n) is 0.848. The van der Waals surface area contributed by atoms with Gasteiger partial charge in [0.15, 0.2) is 0 Å². The fourth-order valence-electron chi connectivity index (χ4n) is 0.456. The Labute approximate surface area is 133 Å². The molecule has 19 heavy (non-hydrogen) atoms. The van der Waals surface area contributed by atoms with Crippen molar-refractivity contribution in [2.45, 2.75) is 0 Å². The molecule has 0 aliphatic rings. The Kier molecular flexibility index (Phi) is 16.8. The number of nitrogens with zero attached hydrogens (tertiary/aromatic N) is 1. The Morgan fingerprint density at radius 2 is 1.68 bits per heavy atom. The molecule has 2 aromatic rings. The monoisotopic (exact) mass is 457 g/mol. The van der Waals surface area contributed by atoms with Gasteiger partial charge in [0.05, 0.1) is 6.33 Å². The topological polar surface area (TPSA) is 75.7 Å². The van der Waals surface area contributed by atoms with Gasteiger partial charge in [-0.3, -0.25) is 14.2 Å². The standard InChI is InChI=1S/2C3H4N2.C2H6OS.4ClH.Ru/c2*1-2-5-3-4-1;1-4(2)3;;;;;/h2*1-3H,(H,4,5);1-2H3;4*1H;/q;;;;;;;+3/p-3. The molecule has 0 radical (unpaired) electrons. The van der Waals surface area contributed by atoms with Crippen LogP contribution >= 0.6 is 38.8 Å². The van der Waals surface area contributed by atoms with Crippen LogP contribution < -0.4 is 4.98 Å². The summed E-state index contributed by atoms with van der Waals surface area (Å²) in [7, 11) is 16.4. The maximum absolute atomic E-state index is 9.56. The molecule has 115 valence electrons. The Morgan fingerprint density at radius 1 is 1.16 bits per heavy atom. The third kappa shape index (κ3) is 45.8. The number of hydrogen-bond donors (Lipinski definition) is 2. The molecule has 0 saturated heterocycles. The van der Waals surface area contributed by atoms with E-state index < -0.39 is 21.6 Å². The van der Waals surface area contributed by atoms with Crippen LogP contribution in [-0.4, -0.2) is 31.7 Å². The minimum absolute atomic E-state index is 0.611. The summed E-state index contributed by atoms with van der Waals surface area (Å²) in [6.45, 7) is 0. The second-order valence-corrected chi connectivity index (χ2v) is 19.9. The third-order valence-corrected chi connectivity index (χ3v) is 0.848. The molecule has 0 spiro atoms. The Hall–Kier alpha value is 0.353. The second-order valence-electron chi connectivity index (χ2n) is 2.62. The van der Waals surface area contributed by atoms with Gasteiger partial charge in [0, 0.05) is 35.7 Å². The van der Waals surface area contributed by atoms with E-state index in [4.69, 9.17) is 38.8 Å². The predicted octanol–water partition coefficient (Wildman–Crippen LogP) is 2.99. The van der Waals surface area contributed by atoms with Crippen LogP contribution in [-0.2, 0) is 21.6 Å². The van der Waals surface area contributed by atoms with E-state index in [0.717, 1.165) is 0 Å². The van der Waals surface area contributed by atoms with Gasteiger partial charge in [-0.2, -0.15) is 0 Å². The zero-order valence-electron chi connectivity index (χ0n) is 10.1. The van der Waals surface area contributed by atoms with Crippen molar-refractivity contribution in [3.05, 3.63) is 37.4 Å². The average Bonchev–Trinajstić information content (AvgIpc) is 2.94. The first-order chi connectivity index (χ1) is 8.73. The van der Waals surface area contributed by atoms with Crippen molar-refractivity contribution in [1.82, 2.24) is 15.0 Å². The fraction of sp³-hybridized carbons (Fsp3) is 0.250. The van der Waals surface area contributed by atoms with E-state index in [2.05, 4.69) is 19.9 Å². The second kappa shape index (κ2) is 14.8. The van der Waals surface area contributed by atoms with Crippen molar-refractivity contribution in [3.8, 4) is 0 Å². The molecule has 5 nitrogen and oxygen atoms in total. The first kappa shape index (κ1) is 21.6. The number of nitrogens with one attached hydrogen (secondary N) is 3. The number of H-pyrrole nitrogens is 3. The van der Waals surface area contributed by atoms with Gasteiger partial charge in [-0.05, 0) is 0 Å². The van der Waals surface area contributed by atoms with Crippen molar-refractivity contribution in [1.29, 1.82) is 0 Å². The molecule has 2 heterocycles. The largest absolute Gasteiger partial charge is 0.351 e. The van der Waals surface area contributed by atoms with Crippen molar-refractivity contribution in [2.75, 3.05) is 12.5 Å². The van der Waals surface area contributed by atoms with Crippen molar-refractivity contribution < 1.29 is 20.0 Å². The van der Waals surface area contributed by atoms with Crippen molar-refractivity contribution >= 4 is 49.6 Å². The fourth-order valence-corrected chi connectivity index (χ4v) is 0.456. The predicted molar refractivity (Wildman–Crippen MR) is 79.3 cm³/mol. The van der Waals surface area contributed by atoms with Crippen LogP contribution in [0.3, 0.4) is 0 Å². The number of rotatable bonds is 0. The molecular formula is C8H15Cl4N4ORuS. The van der Waals surface area contributed by atoms with Gasteiger partial charge in [0.1, 0.15) is 12.4 Å². The van der Waals surface area contributed by atoms with E-state index in [1.807, 2.05) is 12.4 Å².